The Balaban J connectivity index is 1.82. The van der Waals surface area contributed by atoms with Crippen LogP contribution in [0.25, 0.3) is 11.1 Å². The summed E-state index contributed by atoms with van der Waals surface area (Å²) in [5.74, 6) is 0.399. The van der Waals surface area contributed by atoms with Crippen molar-refractivity contribution in [3.05, 3.63) is 47.2 Å². The molecule has 1 saturated carbocycles. The van der Waals surface area contributed by atoms with E-state index in [2.05, 4.69) is 9.98 Å². The molecule has 1 aliphatic carbocycles. The number of halogens is 3. The smallest absolute Gasteiger partial charge is 0.416 e. The molecule has 0 amide bonds. The summed E-state index contributed by atoms with van der Waals surface area (Å²) in [4.78, 5) is 8.43. The van der Waals surface area contributed by atoms with Crippen molar-refractivity contribution in [2.45, 2.75) is 44.5 Å². The molecule has 0 atom stereocenters. The lowest BCUT2D eigenvalue weighted by molar-refractivity contribution is -0.137. The summed E-state index contributed by atoms with van der Waals surface area (Å²) in [7, 11) is 0. The zero-order chi connectivity index (χ0) is 17.4. The molecule has 4 rings (SSSR count). The molecule has 0 saturated heterocycles. The molecule has 2 aliphatic rings. The molecule has 25 heavy (non-hydrogen) atoms. The molecule has 1 aromatic carbocycles. The predicted molar refractivity (Wildman–Crippen MR) is 88.9 cm³/mol. The van der Waals surface area contributed by atoms with Gasteiger partial charge in [-0.25, -0.2) is 4.98 Å². The van der Waals surface area contributed by atoms with Gasteiger partial charge in [0.2, 0.25) is 5.88 Å². The van der Waals surface area contributed by atoms with Crippen molar-refractivity contribution in [2.24, 2.45) is 4.99 Å². The fraction of sp³-hybridized carbons (Fsp3) is 0.368. The van der Waals surface area contributed by atoms with Crippen LogP contribution in [0.3, 0.4) is 0 Å². The Kier molecular flexibility index (Phi) is 3.98. The molecule has 3 nitrogen and oxygen atoms in total. The molecular formula is C19H17F3N2O. The van der Waals surface area contributed by atoms with Gasteiger partial charge in [0.05, 0.1) is 12.1 Å². The molecule has 1 aromatic heterocycles. The van der Waals surface area contributed by atoms with Crippen LogP contribution in [-0.2, 0) is 12.7 Å². The summed E-state index contributed by atoms with van der Waals surface area (Å²) >= 11 is 0. The van der Waals surface area contributed by atoms with Crippen molar-refractivity contribution in [1.29, 1.82) is 0 Å². The van der Waals surface area contributed by atoms with Crippen LogP contribution in [0.5, 0.6) is 5.88 Å². The van der Waals surface area contributed by atoms with E-state index in [0.29, 0.717) is 22.6 Å². The van der Waals surface area contributed by atoms with Gasteiger partial charge in [-0.2, -0.15) is 13.2 Å². The second-order valence-corrected chi connectivity index (χ2v) is 6.44. The fourth-order valence-corrected chi connectivity index (χ4v) is 3.47. The second-order valence-electron chi connectivity index (χ2n) is 6.44. The minimum atomic E-state index is -4.40. The van der Waals surface area contributed by atoms with Crippen LogP contribution in [0.4, 0.5) is 13.2 Å². The first kappa shape index (κ1) is 16.1. The fourth-order valence-electron chi connectivity index (χ4n) is 3.47. The zero-order valence-electron chi connectivity index (χ0n) is 13.5. The lowest BCUT2D eigenvalue weighted by Crippen LogP contribution is -2.13. The van der Waals surface area contributed by atoms with Gasteiger partial charge in [-0.05, 0) is 61.1 Å². The number of pyridine rings is 1. The van der Waals surface area contributed by atoms with Crippen LogP contribution < -0.4 is 4.74 Å². The number of hydrogen-bond donors (Lipinski definition) is 0. The average molecular weight is 346 g/mol. The lowest BCUT2D eigenvalue weighted by Gasteiger charge is -2.18. The Morgan fingerprint density at radius 1 is 1.08 bits per heavy atom. The summed E-state index contributed by atoms with van der Waals surface area (Å²) < 4.78 is 45.9. The van der Waals surface area contributed by atoms with E-state index in [4.69, 9.17) is 4.74 Å². The van der Waals surface area contributed by atoms with E-state index >= 15 is 0 Å². The summed E-state index contributed by atoms with van der Waals surface area (Å²) in [6, 6.07) is 5.84. The van der Waals surface area contributed by atoms with Gasteiger partial charge in [0, 0.05) is 23.5 Å². The number of aliphatic imine (C=N–C) groups is 1. The Morgan fingerprint density at radius 2 is 1.88 bits per heavy atom. The average Bonchev–Trinajstić information content (AvgIpc) is 3.24. The third-order valence-electron chi connectivity index (χ3n) is 4.72. The molecule has 1 aliphatic heterocycles. The highest BCUT2D eigenvalue weighted by atomic mass is 19.4. The number of hydrogen-bond acceptors (Lipinski definition) is 3. The Morgan fingerprint density at radius 3 is 2.64 bits per heavy atom. The SMILES string of the molecule is FC(F)(F)c1cc2c(c(-c3cccnc3OC3CCCC3)c1)C=NC2. The Labute approximate surface area is 143 Å². The molecule has 6 heteroatoms. The van der Waals surface area contributed by atoms with E-state index in [0.717, 1.165) is 31.2 Å². The maximum absolute atomic E-state index is 13.3. The van der Waals surface area contributed by atoms with Crippen molar-refractivity contribution >= 4 is 6.21 Å². The quantitative estimate of drug-likeness (QED) is 0.782. The maximum atomic E-state index is 13.3. The van der Waals surface area contributed by atoms with Crippen LogP contribution in [-0.4, -0.2) is 17.3 Å². The zero-order valence-corrected chi connectivity index (χ0v) is 13.5. The van der Waals surface area contributed by atoms with Crippen LogP contribution in [0.1, 0.15) is 42.4 Å². The number of ether oxygens (including phenoxy) is 1. The standard InChI is InChI=1S/C19H17F3N2O/c20-19(21,22)13-8-12-10-23-11-17(12)16(9-13)15-6-3-7-24-18(15)25-14-4-1-2-5-14/h3,6-9,11,14H,1-2,4-5,10H2. The van der Waals surface area contributed by atoms with Gasteiger partial charge < -0.3 is 4.74 Å². The number of alkyl halides is 3. The number of fused-ring (bicyclic) bond motifs is 1. The first-order chi connectivity index (χ1) is 12.0. The molecule has 0 spiro atoms. The maximum Gasteiger partial charge on any atom is 0.416 e. The van der Waals surface area contributed by atoms with Crippen LogP contribution >= 0.6 is 0 Å². The Hall–Kier alpha value is -2.37. The highest BCUT2D eigenvalue weighted by Gasteiger charge is 2.33. The van der Waals surface area contributed by atoms with E-state index in [1.807, 2.05) is 0 Å². The third kappa shape index (κ3) is 3.13. The largest absolute Gasteiger partial charge is 0.474 e. The van der Waals surface area contributed by atoms with Crippen molar-refractivity contribution in [2.75, 3.05) is 0 Å². The number of rotatable bonds is 3. The van der Waals surface area contributed by atoms with Gasteiger partial charge in [-0.1, -0.05) is 0 Å². The molecule has 0 radical (unpaired) electrons. The summed E-state index contributed by atoms with van der Waals surface area (Å²) in [5, 5.41) is 0. The molecule has 2 heterocycles. The molecule has 0 unspecified atom stereocenters. The molecule has 0 N–H and O–H groups in total. The van der Waals surface area contributed by atoms with Crippen molar-refractivity contribution in [3.8, 4) is 17.0 Å². The molecular weight excluding hydrogens is 329 g/mol. The lowest BCUT2D eigenvalue weighted by atomic mass is 9.94. The van der Waals surface area contributed by atoms with Crippen molar-refractivity contribution < 1.29 is 17.9 Å². The minimum absolute atomic E-state index is 0.0844. The minimum Gasteiger partial charge on any atom is -0.474 e. The monoisotopic (exact) mass is 346 g/mol. The van der Waals surface area contributed by atoms with Gasteiger partial charge in [-0.15, -0.1) is 0 Å². The van der Waals surface area contributed by atoms with E-state index in [1.54, 1.807) is 24.5 Å². The van der Waals surface area contributed by atoms with Crippen molar-refractivity contribution in [1.82, 2.24) is 4.98 Å². The number of benzene rings is 1. The summed E-state index contributed by atoms with van der Waals surface area (Å²) in [5.41, 5.74) is 1.71. The van der Waals surface area contributed by atoms with Crippen LogP contribution in [0.15, 0.2) is 35.5 Å². The van der Waals surface area contributed by atoms with Gasteiger partial charge in [0.25, 0.3) is 0 Å². The van der Waals surface area contributed by atoms with Gasteiger partial charge in [0.15, 0.2) is 0 Å². The topological polar surface area (TPSA) is 34.5 Å². The first-order valence-electron chi connectivity index (χ1n) is 8.38. The highest BCUT2D eigenvalue weighted by molar-refractivity contribution is 5.95. The highest BCUT2D eigenvalue weighted by Crippen LogP contribution is 2.40. The van der Waals surface area contributed by atoms with E-state index < -0.39 is 11.7 Å². The van der Waals surface area contributed by atoms with E-state index in [9.17, 15) is 13.2 Å². The van der Waals surface area contributed by atoms with Crippen LogP contribution in [0, 0.1) is 0 Å². The summed E-state index contributed by atoms with van der Waals surface area (Å²) in [6.07, 6.45) is 3.06. The first-order valence-corrected chi connectivity index (χ1v) is 8.38. The molecule has 130 valence electrons. The van der Waals surface area contributed by atoms with Crippen LogP contribution in [0.2, 0.25) is 0 Å². The summed E-state index contributed by atoms with van der Waals surface area (Å²) in [6.45, 7) is 0.269. The predicted octanol–water partition coefficient (Wildman–Crippen LogP) is 5.02. The normalized spacial score (nSPS) is 17.1. The second kappa shape index (κ2) is 6.17. The number of aromatic nitrogens is 1. The molecule has 1 fully saturated rings. The molecule has 2 aromatic rings. The van der Waals surface area contributed by atoms with Crippen molar-refractivity contribution in [3.63, 3.8) is 0 Å². The third-order valence-corrected chi connectivity index (χ3v) is 4.72. The van der Waals surface area contributed by atoms with Gasteiger partial charge >= 0.3 is 6.18 Å². The molecule has 0 bridgehead atoms. The van der Waals surface area contributed by atoms with E-state index in [1.165, 1.54) is 12.1 Å². The van der Waals surface area contributed by atoms with E-state index in [-0.39, 0.29) is 12.6 Å². The number of nitrogens with zero attached hydrogens (tertiary/aromatic N) is 2. The van der Waals surface area contributed by atoms with Gasteiger partial charge in [0.1, 0.15) is 6.10 Å². The Bertz CT molecular complexity index is 824. The van der Waals surface area contributed by atoms with Gasteiger partial charge in [-0.3, -0.25) is 4.99 Å².